The van der Waals surface area contributed by atoms with Gasteiger partial charge >= 0.3 is 6.09 Å². The molecule has 0 aromatic carbocycles. The number of aromatic nitrogens is 1. The summed E-state index contributed by atoms with van der Waals surface area (Å²) in [6.45, 7) is 6.21. The number of hydrogen-bond acceptors (Lipinski definition) is 5. The number of nitrogens with zero attached hydrogens (tertiary/aromatic N) is 2. The molecule has 1 aromatic heterocycles. The van der Waals surface area contributed by atoms with Crippen LogP contribution < -0.4 is 5.73 Å². The van der Waals surface area contributed by atoms with Crippen molar-refractivity contribution >= 4 is 11.8 Å². The highest BCUT2D eigenvalue weighted by Gasteiger charge is 2.34. The van der Waals surface area contributed by atoms with Crippen LogP contribution in [-0.4, -0.2) is 28.3 Å². The Bertz CT molecular complexity index is 450. The molecule has 1 amide bonds. The Kier molecular flexibility index (Phi) is 3.68. The van der Waals surface area contributed by atoms with Gasteiger partial charge in [0.15, 0.2) is 5.76 Å². The first-order valence-corrected chi connectivity index (χ1v) is 6.58. The van der Waals surface area contributed by atoms with Crippen LogP contribution in [0.1, 0.15) is 51.8 Å². The Balaban J connectivity index is 2.17. The van der Waals surface area contributed by atoms with E-state index in [2.05, 4.69) is 5.16 Å². The molecule has 0 saturated carbocycles. The lowest BCUT2D eigenvalue weighted by Crippen LogP contribution is -2.41. The van der Waals surface area contributed by atoms with Crippen molar-refractivity contribution < 1.29 is 14.1 Å². The van der Waals surface area contributed by atoms with E-state index in [9.17, 15) is 4.79 Å². The molecule has 1 aromatic rings. The normalized spacial score (nSPS) is 20.4. The molecule has 2 rings (SSSR count). The van der Waals surface area contributed by atoms with Crippen molar-refractivity contribution in [3.63, 3.8) is 0 Å². The van der Waals surface area contributed by atoms with Gasteiger partial charge in [0.05, 0.1) is 17.9 Å². The highest BCUT2D eigenvalue weighted by molar-refractivity contribution is 5.69. The van der Waals surface area contributed by atoms with E-state index < -0.39 is 5.60 Å². The fourth-order valence-corrected chi connectivity index (χ4v) is 2.25. The third-order valence-corrected chi connectivity index (χ3v) is 3.06. The first-order chi connectivity index (χ1) is 8.88. The summed E-state index contributed by atoms with van der Waals surface area (Å²) in [5.74, 6) is 0.561. The second kappa shape index (κ2) is 5.11. The molecule has 6 heteroatoms. The largest absolute Gasteiger partial charge is 0.444 e. The highest BCUT2D eigenvalue weighted by Crippen LogP contribution is 2.34. The van der Waals surface area contributed by atoms with Crippen LogP contribution in [0.2, 0.25) is 0 Å². The number of carbonyl (C=O) groups is 1. The van der Waals surface area contributed by atoms with Crippen molar-refractivity contribution in [2.24, 2.45) is 0 Å². The number of nitrogen functional groups attached to an aromatic ring is 1. The first kappa shape index (κ1) is 13.7. The summed E-state index contributed by atoms with van der Waals surface area (Å²) >= 11 is 0. The second-order valence-electron chi connectivity index (χ2n) is 5.83. The van der Waals surface area contributed by atoms with Crippen LogP contribution in [0.15, 0.2) is 10.7 Å². The monoisotopic (exact) mass is 267 g/mol. The molecule has 0 spiro atoms. The SMILES string of the molecule is CC(C)(C)OC(=O)N1CCCCC1c1oncc1N. The van der Waals surface area contributed by atoms with E-state index in [0.717, 1.165) is 19.3 Å². The predicted molar refractivity (Wildman–Crippen MR) is 70.4 cm³/mol. The van der Waals surface area contributed by atoms with Gasteiger partial charge in [0.2, 0.25) is 0 Å². The third-order valence-electron chi connectivity index (χ3n) is 3.06. The zero-order valence-corrected chi connectivity index (χ0v) is 11.7. The maximum Gasteiger partial charge on any atom is 0.410 e. The molecule has 1 atom stereocenters. The van der Waals surface area contributed by atoms with Crippen LogP contribution in [0, 0.1) is 0 Å². The van der Waals surface area contributed by atoms with Gasteiger partial charge in [-0.1, -0.05) is 5.16 Å². The molecule has 1 fully saturated rings. The van der Waals surface area contributed by atoms with Gasteiger partial charge in [-0.15, -0.1) is 0 Å². The Morgan fingerprint density at radius 1 is 1.53 bits per heavy atom. The molecule has 0 aliphatic carbocycles. The van der Waals surface area contributed by atoms with Crippen molar-refractivity contribution in [2.75, 3.05) is 12.3 Å². The number of rotatable bonds is 1. The summed E-state index contributed by atoms with van der Waals surface area (Å²) < 4.78 is 10.6. The van der Waals surface area contributed by atoms with Gasteiger partial charge in [-0.25, -0.2) is 4.79 Å². The van der Waals surface area contributed by atoms with Gasteiger partial charge in [-0.3, -0.25) is 4.90 Å². The fourth-order valence-electron chi connectivity index (χ4n) is 2.25. The predicted octanol–water partition coefficient (Wildman–Crippen LogP) is 2.72. The Hall–Kier alpha value is -1.72. The molecule has 1 saturated heterocycles. The van der Waals surface area contributed by atoms with Crippen LogP contribution >= 0.6 is 0 Å². The van der Waals surface area contributed by atoms with Crippen LogP contribution in [0.3, 0.4) is 0 Å². The van der Waals surface area contributed by atoms with E-state index in [1.807, 2.05) is 20.8 Å². The van der Waals surface area contributed by atoms with Crippen molar-refractivity contribution in [3.8, 4) is 0 Å². The van der Waals surface area contributed by atoms with Gasteiger partial charge in [0.25, 0.3) is 0 Å². The number of amides is 1. The van der Waals surface area contributed by atoms with E-state index in [1.54, 1.807) is 4.90 Å². The molecule has 0 bridgehead atoms. The Morgan fingerprint density at radius 3 is 2.84 bits per heavy atom. The minimum atomic E-state index is -0.508. The third kappa shape index (κ3) is 3.19. The lowest BCUT2D eigenvalue weighted by molar-refractivity contribution is 0.00626. The summed E-state index contributed by atoms with van der Waals surface area (Å²) in [6.07, 6.45) is 3.96. The maximum atomic E-state index is 12.2. The number of carbonyl (C=O) groups excluding carboxylic acids is 1. The summed E-state index contributed by atoms with van der Waals surface area (Å²) in [7, 11) is 0. The first-order valence-electron chi connectivity index (χ1n) is 6.58. The molecule has 2 N–H and O–H groups in total. The van der Waals surface area contributed by atoms with Gasteiger partial charge in [-0.2, -0.15) is 0 Å². The number of anilines is 1. The minimum Gasteiger partial charge on any atom is -0.444 e. The zero-order chi connectivity index (χ0) is 14.0. The lowest BCUT2D eigenvalue weighted by atomic mass is 10.00. The quantitative estimate of drug-likeness (QED) is 0.846. The average molecular weight is 267 g/mol. The molecule has 6 nitrogen and oxygen atoms in total. The van der Waals surface area contributed by atoms with Crippen LogP contribution in [-0.2, 0) is 4.74 Å². The molecule has 2 heterocycles. The number of likely N-dealkylation sites (tertiary alicyclic amines) is 1. The van der Waals surface area contributed by atoms with Crippen LogP contribution in [0.25, 0.3) is 0 Å². The number of nitrogens with two attached hydrogens (primary N) is 1. The van der Waals surface area contributed by atoms with E-state index in [-0.39, 0.29) is 12.1 Å². The molecule has 0 radical (unpaired) electrons. The fraction of sp³-hybridized carbons (Fsp3) is 0.692. The lowest BCUT2D eigenvalue weighted by Gasteiger charge is -2.35. The number of hydrogen-bond donors (Lipinski definition) is 1. The molecule has 106 valence electrons. The van der Waals surface area contributed by atoms with Crippen molar-refractivity contribution in [2.45, 2.75) is 51.7 Å². The van der Waals surface area contributed by atoms with Gasteiger partial charge < -0.3 is 15.0 Å². The Morgan fingerprint density at radius 2 is 2.26 bits per heavy atom. The highest BCUT2D eigenvalue weighted by atomic mass is 16.6. The van der Waals surface area contributed by atoms with Crippen LogP contribution in [0.5, 0.6) is 0 Å². The van der Waals surface area contributed by atoms with Gasteiger partial charge in [0.1, 0.15) is 5.60 Å². The standard InChI is InChI=1S/C13H21N3O3/c1-13(2,3)18-12(17)16-7-5-4-6-10(16)11-9(14)8-15-19-11/h8,10H,4-7,14H2,1-3H3. The summed E-state index contributed by atoms with van der Waals surface area (Å²) in [4.78, 5) is 13.9. The molecule has 1 aliphatic rings. The molecule has 1 aliphatic heterocycles. The van der Waals surface area contributed by atoms with E-state index in [0.29, 0.717) is 18.0 Å². The van der Waals surface area contributed by atoms with Crippen molar-refractivity contribution in [3.05, 3.63) is 12.0 Å². The minimum absolute atomic E-state index is 0.175. The summed E-state index contributed by atoms with van der Waals surface area (Å²) in [5, 5.41) is 3.69. The van der Waals surface area contributed by atoms with E-state index in [4.69, 9.17) is 15.0 Å². The smallest absolute Gasteiger partial charge is 0.410 e. The Labute approximate surface area is 112 Å². The van der Waals surface area contributed by atoms with Gasteiger partial charge in [-0.05, 0) is 40.0 Å². The number of piperidine rings is 1. The van der Waals surface area contributed by atoms with Crippen molar-refractivity contribution in [1.82, 2.24) is 10.1 Å². The van der Waals surface area contributed by atoms with Crippen molar-refractivity contribution in [1.29, 1.82) is 0 Å². The zero-order valence-electron chi connectivity index (χ0n) is 11.7. The van der Waals surface area contributed by atoms with E-state index >= 15 is 0 Å². The van der Waals surface area contributed by atoms with E-state index in [1.165, 1.54) is 6.20 Å². The second-order valence-corrected chi connectivity index (χ2v) is 5.83. The van der Waals surface area contributed by atoms with Crippen LogP contribution in [0.4, 0.5) is 10.5 Å². The maximum absolute atomic E-state index is 12.2. The van der Waals surface area contributed by atoms with Gasteiger partial charge in [0, 0.05) is 6.54 Å². The summed E-state index contributed by atoms with van der Waals surface area (Å²) in [6, 6.07) is -0.175. The average Bonchev–Trinajstić information content (AvgIpc) is 2.73. The number of ether oxygens (including phenoxy) is 1. The topological polar surface area (TPSA) is 81.6 Å². The molecular formula is C13H21N3O3. The summed E-state index contributed by atoms with van der Waals surface area (Å²) in [5.41, 5.74) is 5.80. The molecule has 1 unspecified atom stereocenters. The molecule has 19 heavy (non-hydrogen) atoms. The molecular weight excluding hydrogens is 246 g/mol.